The molecule has 18 heavy (non-hydrogen) atoms. The van der Waals surface area contributed by atoms with Crippen LogP contribution in [0, 0.1) is 5.92 Å². The van der Waals surface area contributed by atoms with E-state index in [1.807, 2.05) is 0 Å². The van der Waals surface area contributed by atoms with Gasteiger partial charge in [-0.25, -0.2) is 0 Å². The summed E-state index contributed by atoms with van der Waals surface area (Å²) in [5.41, 5.74) is 1.41. The van der Waals surface area contributed by atoms with Crippen LogP contribution in [0.25, 0.3) is 0 Å². The summed E-state index contributed by atoms with van der Waals surface area (Å²) in [6.45, 7) is 9.96. The molecule has 0 aromatic heterocycles. The van der Waals surface area contributed by atoms with E-state index in [1.54, 1.807) is 0 Å². The number of likely N-dealkylation sites (N-methyl/N-ethyl adjacent to an activating group) is 2. The lowest BCUT2D eigenvalue weighted by molar-refractivity contribution is 0.207. The van der Waals surface area contributed by atoms with Crippen LogP contribution >= 0.6 is 0 Å². The number of nitrogens with one attached hydrogen (secondary N) is 1. The standard InChI is InChI=1S/C16H28N2/c1-5-14(3)13-18(4)16(12-17-6-2)15-10-8-7-9-11-15/h7-11,14,16-17H,5-6,12-13H2,1-4H3. The molecule has 0 aliphatic carbocycles. The van der Waals surface area contributed by atoms with Gasteiger partial charge in [-0.05, 0) is 25.1 Å². The average molecular weight is 248 g/mol. The summed E-state index contributed by atoms with van der Waals surface area (Å²) in [4.78, 5) is 2.48. The summed E-state index contributed by atoms with van der Waals surface area (Å²) in [5, 5.41) is 3.48. The first-order valence-corrected chi connectivity index (χ1v) is 7.14. The molecule has 2 atom stereocenters. The maximum Gasteiger partial charge on any atom is 0.0469 e. The Balaban J connectivity index is 2.71. The largest absolute Gasteiger partial charge is 0.315 e. The van der Waals surface area contributed by atoms with E-state index in [0.717, 1.165) is 25.6 Å². The van der Waals surface area contributed by atoms with E-state index in [4.69, 9.17) is 0 Å². The van der Waals surface area contributed by atoms with Gasteiger partial charge in [-0.2, -0.15) is 0 Å². The summed E-state index contributed by atoms with van der Waals surface area (Å²) >= 11 is 0. The maximum atomic E-state index is 3.48. The third-order valence-electron chi connectivity index (χ3n) is 3.60. The van der Waals surface area contributed by atoms with E-state index in [-0.39, 0.29) is 0 Å². The normalized spacial score (nSPS) is 14.7. The number of hydrogen-bond donors (Lipinski definition) is 1. The SMILES string of the molecule is CCNCC(c1ccccc1)N(C)CC(C)CC. The molecule has 1 aromatic rings. The van der Waals surface area contributed by atoms with Crippen molar-refractivity contribution in [2.75, 3.05) is 26.7 Å². The predicted octanol–water partition coefficient (Wildman–Crippen LogP) is 3.32. The highest BCUT2D eigenvalue weighted by molar-refractivity contribution is 5.19. The molecule has 0 saturated heterocycles. The fourth-order valence-electron chi connectivity index (χ4n) is 2.23. The average Bonchev–Trinajstić information content (AvgIpc) is 2.40. The summed E-state index contributed by atoms with van der Waals surface area (Å²) < 4.78 is 0. The molecule has 0 spiro atoms. The molecular formula is C16H28N2. The van der Waals surface area contributed by atoms with Crippen molar-refractivity contribution < 1.29 is 0 Å². The van der Waals surface area contributed by atoms with Gasteiger partial charge in [0.15, 0.2) is 0 Å². The second kappa shape index (κ2) is 8.28. The van der Waals surface area contributed by atoms with Gasteiger partial charge >= 0.3 is 0 Å². The number of nitrogens with zero attached hydrogens (tertiary/aromatic N) is 1. The molecule has 1 N–H and O–H groups in total. The molecule has 2 heteroatoms. The molecule has 2 nitrogen and oxygen atoms in total. The van der Waals surface area contributed by atoms with Gasteiger partial charge in [0.05, 0.1) is 0 Å². The molecule has 0 bridgehead atoms. The Morgan fingerprint density at radius 2 is 1.83 bits per heavy atom. The Morgan fingerprint density at radius 3 is 2.39 bits per heavy atom. The van der Waals surface area contributed by atoms with Crippen LogP contribution in [0.5, 0.6) is 0 Å². The van der Waals surface area contributed by atoms with Crippen molar-refractivity contribution in [3.63, 3.8) is 0 Å². The van der Waals surface area contributed by atoms with Crippen molar-refractivity contribution in [2.45, 2.75) is 33.2 Å². The van der Waals surface area contributed by atoms with Gasteiger partial charge in [0.25, 0.3) is 0 Å². The molecule has 0 saturated carbocycles. The Bertz CT molecular complexity index is 310. The highest BCUT2D eigenvalue weighted by Gasteiger charge is 2.17. The third-order valence-corrected chi connectivity index (χ3v) is 3.60. The molecule has 0 radical (unpaired) electrons. The van der Waals surface area contributed by atoms with Crippen LogP contribution in [0.1, 0.15) is 38.8 Å². The van der Waals surface area contributed by atoms with Crippen molar-refractivity contribution in [1.82, 2.24) is 10.2 Å². The first-order chi connectivity index (χ1) is 8.69. The van der Waals surface area contributed by atoms with Crippen molar-refractivity contribution in [1.29, 1.82) is 0 Å². The fraction of sp³-hybridized carbons (Fsp3) is 0.625. The van der Waals surface area contributed by atoms with Crippen molar-refractivity contribution in [3.8, 4) is 0 Å². The van der Waals surface area contributed by atoms with E-state index in [2.05, 4.69) is 68.4 Å². The summed E-state index contributed by atoms with van der Waals surface area (Å²) in [7, 11) is 2.24. The van der Waals surface area contributed by atoms with E-state index in [1.165, 1.54) is 12.0 Å². The summed E-state index contributed by atoms with van der Waals surface area (Å²) in [6.07, 6.45) is 1.24. The molecule has 1 aromatic carbocycles. The van der Waals surface area contributed by atoms with Crippen LogP contribution < -0.4 is 5.32 Å². The zero-order valence-electron chi connectivity index (χ0n) is 12.3. The Labute approximate surface area is 112 Å². The molecule has 102 valence electrons. The highest BCUT2D eigenvalue weighted by atomic mass is 15.1. The van der Waals surface area contributed by atoms with E-state index in [9.17, 15) is 0 Å². The highest BCUT2D eigenvalue weighted by Crippen LogP contribution is 2.20. The van der Waals surface area contributed by atoms with E-state index < -0.39 is 0 Å². The zero-order valence-corrected chi connectivity index (χ0v) is 12.3. The first kappa shape index (κ1) is 15.2. The van der Waals surface area contributed by atoms with Crippen molar-refractivity contribution in [2.24, 2.45) is 5.92 Å². The predicted molar refractivity (Wildman–Crippen MR) is 79.8 cm³/mol. The Morgan fingerprint density at radius 1 is 1.17 bits per heavy atom. The number of hydrogen-bond acceptors (Lipinski definition) is 2. The minimum absolute atomic E-state index is 0.472. The molecular weight excluding hydrogens is 220 g/mol. The van der Waals surface area contributed by atoms with Crippen molar-refractivity contribution >= 4 is 0 Å². The molecule has 0 fully saturated rings. The molecule has 2 unspecified atom stereocenters. The lowest BCUT2D eigenvalue weighted by Crippen LogP contribution is -2.35. The van der Waals surface area contributed by atoms with Crippen LogP contribution in [-0.2, 0) is 0 Å². The van der Waals surface area contributed by atoms with E-state index in [0.29, 0.717) is 6.04 Å². The zero-order chi connectivity index (χ0) is 13.4. The van der Waals surface area contributed by atoms with Crippen LogP contribution in [0.3, 0.4) is 0 Å². The fourth-order valence-corrected chi connectivity index (χ4v) is 2.23. The molecule has 0 aliphatic rings. The summed E-state index contributed by atoms with van der Waals surface area (Å²) in [5.74, 6) is 0.753. The Hall–Kier alpha value is -0.860. The molecule has 1 rings (SSSR count). The van der Waals surface area contributed by atoms with E-state index >= 15 is 0 Å². The number of rotatable bonds is 8. The van der Waals surface area contributed by atoms with Crippen LogP contribution in [0.2, 0.25) is 0 Å². The maximum absolute atomic E-state index is 3.48. The topological polar surface area (TPSA) is 15.3 Å². The smallest absolute Gasteiger partial charge is 0.0469 e. The summed E-state index contributed by atoms with van der Waals surface area (Å²) in [6, 6.07) is 11.3. The second-order valence-electron chi connectivity index (χ2n) is 5.19. The molecule has 0 aliphatic heterocycles. The molecule has 0 heterocycles. The van der Waals surface area contributed by atoms with Gasteiger partial charge < -0.3 is 5.32 Å². The Kier molecular flexibility index (Phi) is 6.99. The lowest BCUT2D eigenvalue weighted by atomic mass is 10.0. The monoisotopic (exact) mass is 248 g/mol. The first-order valence-electron chi connectivity index (χ1n) is 7.14. The number of benzene rings is 1. The second-order valence-corrected chi connectivity index (χ2v) is 5.19. The van der Waals surface area contributed by atoms with Gasteiger partial charge in [-0.1, -0.05) is 57.5 Å². The van der Waals surface area contributed by atoms with Gasteiger partial charge in [0, 0.05) is 19.1 Å². The van der Waals surface area contributed by atoms with Gasteiger partial charge in [-0.15, -0.1) is 0 Å². The van der Waals surface area contributed by atoms with Gasteiger partial charge in [0.2, 0.25) is 0 Å². The minimum Gasteiger partial charge on any atom is -0.315 e. The van der Waals surface area contributed by atoms with Crippen LogP contribution in [0.4, 0.5) is 0 Å². The van der Waals surface area contributed by atoms with Crippen LogP contribution in [-0.4, -0.2) is 31.6 Å². The third kappa shape index (κ3) is 4.79. The quantitative estimate of drug-likeness (QED) is 0.759. The van der Waals surface area contributed by atoms with Gasteiger partial charge in [-0.3, -0.25) is 4.90 Å². The van der Waals surface area contributed by atoms with Gasteiger partial charge in [0.1, 0.15) is 0 Å². The minimum atomic E-state index is 0.472. The molecule has 0 amide bonds. The lowest BCUT2D eigenvalue weighted by Gasteiger charge is -2.30. The van der Waals surface area contributed by atoms with Crippen molar-refractivity contribution in [3.05, 3.63) is 35.9 Å². The van der Waals surface area contributed by atoms with Crippen LogP contribution in [0.15, 0.2) is 30.3 Å².